The number of esters is 1. The highest BCUT2D eigenvalue weighted by molar-refractivity contribution is 7.80. The third-order valence-electron chi connectivity index (χ3n) is 4.77. The third kappa shape index (κ3) is 8.69. The smallest absolute Gasteiger partial charge is 0.305 e. The molecule has 0 radical (unpaired) electrons. The minimum atomic E-state index is -0.141. The molecule has 0 atom stereocenters. The standard InChI is InChI=1S/C20H31N3O3S/c1-25-19(24)9-3-2-6-10-21-20(27)22-15-17-7-4-5-8-18(17)16-23-11-13-26-14-12-23/h4-5,7-8H,2-3,6,9-16H2,1H3,(H2,21,22,27)/p+1. The van der Waals surface area contributed by atoms with E-state index in [1.54, 1.807) is 4.90 Å². The van der Waals surface area contributed by atoms with Crippen LogP contribution in [0.5, 0.6) is 0 Å². The molecular formula is C20H32N3O3S+. The van der Waals surface area contributed by atoms with Crippen molar-refractivity contribution in [1.29, 1.82) is 0 Å². The van der Waals surface area contributed by atoms with Crippen LogP contribution in [0.3, 0.4) is 0 Å². The molecule has 1 heterocycles. The number of hydrogen-bond donors (Lipinski definition) is 3. The van der Waals surface area contributed by atoms with Crippen LogP contribution in [-0.4, -0.2) is 51.0 Å². The first-order valence-electron chi connectivity index (χ1n) is 9.75. The Labute approximate surface area is 167 Å². The Kier molecular flexibility index (Phi) is 10.1. The van der Waals surface area contributed by atoms with Gasteiger partial charge in [0.15, 0.2) is 5.11 Å². The zero-order chi connectivity index (χ0) is 19.3. The van der Waals surface area contributed by atoms with Crippen LogP contribution in [0.1, 0.15) is 36.8 Å². The van der Waals surface area contributed by atoms with Crippen molar-refractivity contribution < 1.29 is 19.2 Å². The van der Waals surface area contributed by atoms with Gasteiger partial charge in [0, 0.05) is 25.1 Å². The van der Waals surface area contributed by atoms with E-state index in [-0.39, 0.29) is 5.97 Å². The van der Waals surface area contributed by atoms with E-state index in [4.69, 9.17) is 17.0 Å². The van der Waals surface area contributed by atoms with Gasteiger partial charge in [0.05, 0.1) is 20.3 Å². The SMILES string of the molecule is COC(=O)CCCCCNC(=S)NCc1ccccc1C[NH+]1CCOCC1. The zero-order valence-electron chi connectivity index (χ0n) is 16.2. The number of methoxy groups -OCH3 is 1. The lowest BCUT2D eigenvalue weighted by Gasteiger charge is -2.24. The van der Waals surface area contributed by atoms with Crippen LogP contribution in [0.4, 0.5) is 0 Å². The summed E-state index contributed by atoms with van der Waals surface area (Å²) in [5.41, 5.74) is 2.66. The van der Waals surface area contributed by atoms with E-state index in [2.05, 4.69) is 39.6 Å². The first-order chi connectivity index (χ1) is 13.2. The number of unbranched alkanes of at least 4 members (excludes halogenated alkanes) is 2. The van der Waals surface area contributed by atoms with Gasteiger partial charge in [-0.05, 0) is 30.6 Å². The second-order valence-electron chi connectivity index (χ2n) is 6.80. The molecule has 1 fully saturated rings. The molecule has 2 rings (SSSR count). The fourth-order valence-corrected chi connectivity index (χ4v) is 3.30. The molecule has 1 saturated heterocycles. The van der Waals surface area contributed by atoms with Crippen molar-refractivity contribution in [2.75, 3.05) is 40.0 Å². The normalized spacial score (nSPS) is 14.6. The monoisotopic (exact) mass is 394 g/mol. The summed E-state index contributed by atoms with van der Waals surface area (Å²) in [6.45, 7) is 6.41. The van der Waals surface area contributed by atoms with Gasteiger partial charge in [-0.15, -0.1) is 0 Å². The van der Waals surface area contributed by atoms with Gasteiger partial charge < -0.3 is 25.0 Å². The molecule has 1 aromatic carbocycles. The molecule has 0 aliphatic carbocycles. The van der Waals surface area contributed by atoms with Crippen LogP contribution in [0.25, 0.3) is 0 Å². The van der Waals surface area contributed by atoms with Gasteiger partial charge in [-0.3, -0.25) is 4.79 Å². The fourth-order valence-electron chi connectivity index (χ4n) is 3.12. The van der Waals surface area contributed by atoms with Crippen LogP contribution < -0.4 is 15.5 Å². The maximum atomic E-state index is 11.0. The van der Waals surface area contributed by atoms with E-state index in [0.717, 1.165) is 65.2 Å². The zero-order valence-corrected chi connectivity index (χ0v) is 17.0. The second-order valence-corrected chi connectivity index (χ2v) is 7.21. The largest absolute Gasteiger partial charge is 0.469 e. The van der Waals surface area contributed by atoms with Gasteiger partial charge in [0.2, 0.25) is 0 Å². The molecule has 0 aromatic heterocycles. The number of nitrogens with one attached hydrogen (secondary N) is 3. The van der Waals surface area contributed by atoms with Crippen LogP contribution in [-0.2, 0) is 27.4 Å². The van der Waals surface area contributed by atoms with E-state index < -0.39 is 0 Å². The second kappa shape index (κ2) is 12.6. The van der Waals surface area contributed by atoms with E-state index >= 15 is 0 Å². The van der Waals surface area contributed by atoms with Crippen molar-refractivity contribution in [2.24, 2.45) is 0 Å². The van der Waals surface area contributed by atoms with Crippen molar-refractivity contribution in [3.05, 3.63) is 35.4 Å². The van der Waals surface area contributed by atoms with Crippen LogP contribution in [0.2, 0.25) is 0 Å². The fraction of sp³-hybridized carbons (Fsp3) is 0.600. The quantitative estimate of drug-likeness (QED) is 0.310. The number of thiocarbonyl (C=S) groups is 1. The number of rotatable bonds is 10. The molecule has 3 N–H and O–H groups in total. The average molecular weight is 395 g/mol. The molecule has 0 unspecified atom stereocenters. The van der Waals surface area contributed by atoms with Crippen LogP contribution >= 0.6 is 12.2 Å². The summed E-state index contributed by atoms with van der Waals surface area (Å²) in [5.74, 6) is -0.141. The summed E-state index contributed by atoms with van der Waals surface area (Å²) in [4.78, 5) is 12.6. The minimum absolute atomic E-state index is 0.141. The van der Waals surface area contributed by atoms with Crippen molar-refractivity contribution in [3.8, 4) is 0 Å². The van der Waals surface area contributed by atoms with Gasteiger partial charge in [0.25, 0.3) is 0 Å². The van der Waals surface area contributed by atoms with Crippen LogP contribution in [0, 0.1) is 0 Å². The molecule has 6 nitrogen and oxygen atoms in total. The summed E-state index contributed by atoms with van der Waals surface area (Å²) in [5, 5.41) is 7.22. The molecule has 27 heavy (non-hydrogen) atoms. The molecule has 1 aromatic rings. The molecule has 0 amide bonds. The van der Waals surface area contributed by atoms with Crippen molar-refractivity contribution in [2.45, 2.75) is 38.8 Å². The lowest BCUT2D eigenvalue weighted by molar-refractivity contribution is -0.921. The maximum absolute atomic E-state index is 11.0. The first-order valence-corrected chi connectivity index (χ1v) is 10.2. The number of carbonyl (C=O) groups is 1. The Morgan fingerprint density at radius 3 is 2.63 bits per heavy atom. The Hall–Kier alpha value is -1.70. The predicted octanol–water partition coefficient (Wildman–Crippen LogP) is 0.799. The van der Waals surface area contributed by atoms with Gasteiger partial charge in [-0.2, -0.15) is 0 Å². The Bertz CT molecular complexity index is 592. The van der Waals surface area contributed by atoms with E-state index in [1.807, 2.05) is 0 Å². The van der Waals surface area contributed by atoms with Crippen molar-refractivity contribution >= 4 is 23.3 Å². The number of ether oxygens (including phenoxy) is 2. The molecule has 0 spiro atoms. The summed E-state index contributed by atoms with van der Waals surface area (Å²) in [7, 11) is 1.43. The number of morpholine rings is 1. The van der Waals surface area contributed by atoms with Crippen molar-refractivity contribution in [1.82, 2.24) is 10.6 Å². The third-order valence-corrected chi connectivity index (χ3v) is 5.06. The topological polar surface area (TPSA) is 64.0 Å². The highest BCUT2D eigenvalue weighted by atomic mass is 32.1. The Morgan fingerprint density at radius 2 is 1.89 bits per heavy atom. The molecule has 0 bridgehead atoms. The summed E-state index contributed by atoms with van der Waals surface area (Å²) in [6, 6.07) is 8.55. The molecule has 7 heteroatoms. The molecular weight excluding hydrogens is 362 g/mol. The highest BCUT2D eigenvalue weighted by Gasteiger charge is 2.15. The maximum Gasteiger partial charge on any atom is 0.305 e. The lowest BCUT2D eigenvalue weighted by atomic mass is 10.1. The van der Waals surface area contributed by atoms with Gasteiger partial charge in [-0.1, -0.05) is 30.7 Å². The Balaban J connectivity index is 1.65. The first kappa shape index (κ1) is 21.6. The summed E-state index contributed by atoms with van der Waals surface area (Å²) >= 11 is 5.38. The molecule has 1 aliphatic rings. The predicted molar refractivity (Wildman–Crippen MR) is 110 cm³/mol. The Morgan fingerprint density at radius 1 is 1.15 bits per heavy atom. The molecule has 0 saturated carbocycles. The minimum Gasteiger partial charge on any atom is -0.469 e. The lowest BCUT2D eigenvalue weighted by Crippen LogP contribution is -3.12. The van der Waals surface area contributed by atoms with E-state index in [0.29, 0.717) is 11.5 Å². The highest BCUT2D eigenvalue weighted by Crippen LogP contribution is 2.07. The molecule has 150 valence electrons. The van der Waals surface area contributed by atoms with E-state index in [9.17, 15) is 4.79 Å². The average Bonchev–Trinajstić information content (AvgIpc) is 2.70. The van der Waals surface area contributed by atoms with Crippen molar-refractivity contribution in [3.63, 3.8) is 0 Å². The van der Waals surface area contributed by atoms with Gasteiger partial charge in [0.1, 0.15) is 19.6 Å². The number of benzene rings is 1. The summed E-state index contributed by atoms with van der Waals surface area (Å²) in [6.07, 6.45) is 3.30. The van der Waals surface area contributed by atoms with Gasteiger partial charge in [-0.25, -0.2) is 0 Å². The number of carbonyl (C=O) groups excluding carboxylic acids is 1. The van der Waals surface area contributed by atoms with Crippen LogP contribution in [0.15, 0.2) is 24.3 Å². The van der Waals surface area contributed by atoms with E-state index in [1.165, 1.54) is 18.2 Å². The number of quaternary nitrogens is 1. The summed E-state index contributed by atoms with van der Waals surface area (Å²) < 4.78 is 10.1. The number of hydrogen-bond acceptors (Lipinski definition) is 4. The van der Waals surface area contributed by atoms with Gasteiger partial charge >= 0.3 is 5.97 Å². The molecule has 1 aliphatic heterocycles.